The van der Waals surface area contributed by atoms with Crippen molar-refractivity contribution < 1.29 is 5.11 Å². The molecule has 0 atom stereocenters. The second kappa shape index (κ2) is 2.51. The molecular weight excluding hydrogens is 76.1 g/mol. The first-order valence-electron chi connectivity index (χ1n) is 1.73. The Morgan fingerprint density at radius 3 is 2.33 bits per heavy atom. The van der Waals surface area contributed by atoms with Crippen LogP contribution in [-0.2, 0) is 0 Å². The fourth-order valence-electron chi connectivity index (χ4n) is 0.127. The highest BCUT2D eigenvalue weighted by atomic mass is 16.2. The summed E-state index contributed by atoms with van der Waals surface area (Å²) in [5.41, 5.74) is 0.859. The molecule has 0 heterocycles. The summed E-state index contributed by atoms with van der Waals surface area (Å²) >= 11 is 0. The Kier molecular flexibility index (Phi) is 2.21. The Morgan fingerprint density at radius 1 is 1.83 bits per heavy atom. The van der Waals surface area contributed by atoms with Gasteiger partial charge in [-0.1, -0.05) is 12.2 Å². The SMILES string of the molecule is C=C(C)/C=C\O. The smallest absolute Gasteiger partial charge is 0.0794 e. The van der Waals surface area contributed by atoms with Crippen LogP contribution in [0.3, 0.4) is 0 Å². The van der Waals surface area contributed by atoms with Crippen LogP contribution in [0.2, 0.25) is 0 Å². The van der Waals surface area contributed by atoms with Crippen molar-refractivity contribution in [2.24, 2.45) is 0 Å². The molecule has 34 valence electrons. The van der Waals surface area contributed by atoms with Gasteiger partial charge in [-0.2, -0.15) is 0 Å². The number of hydrogen-bond donors (Lipinski definition) is 1. The molecule has 1 N–H and O–H groups in total. The van der Waals surface area contributed by atoms with E-state index in [4.69, 9.17) is 5.11 Å². The average molecular weight is 84.1 g/mol. The number of hydrogen-bond acceptors (Lipinski definition) is 1. The summed E-state index contributed by atoms with van der Waals surface area (Å²) in [6, 6.07) is 0. The van der Waals surface area contributed by atoms with Gasteiger partial charge in [0.2, 0.25) is 0 Å². The van der Waals surface area contributed by atoms with E-state index in [1.807, 2.05) is 6.92 Å². The van der Waals surface area contributed by atoms with Crippen LogP contribution in [0.25, 0.3) is 0 Å². The molecule has 0 aliphatic carbocycles. The van der Waals surface area contributed by atoms with Gasteiger partial charge in [0.25, 0.3) is 0 Å². The summed E-state index contributed by atoms with van der Waals surface area (Å²) in [6.07, 6.45) is 2.50. The second-order valence-corrected chi connectivity index (χ2v) is 1.16. The van der Waals surface area contributed by atoms with E-state index in [9.17, 15) is 0 Å². The highest BCUT2D eigenvalue weighted by molar-refractivity contribution is 5.07. The minimum atomic E-state index is 0.859. The number of rotatable bonds is 1. The van der Waals surface area contributed by atoms with Gasteiger partial charge in [0.15, 0.2) is 0 Å². The van der Waals surface area contributed by atoms with Gasteiger partial charge >= 0.3 is 0 Å². The highest BCUT2D eigenvalue weighted by Gasteiger charge is 1.65. The molecule has 0 radical (unpaired) electrons. The molecule has 0 rings (SSSR count). The molecule has 0 spiro atoms. The lowest BCUT2D eigenvalue weighted by atomic mass is 10.4. The molecule has 0 unspecified atom stereocenters. The van der Waals surface area contributed by atoms with Crippen LogP contribution in [0.15, 0.2) is 24.5 Å². The molecule has 0 bridgehead atoms. The Bertz CT molecular complexity index is 72.0. The Balaban J connectivity index is 3.30. The van der Waals surface area contributed by atoms with E-state index in [1.54, 1.807) is 0 Å². The average Bonchev–Trinajstić information content (AvgIpc) is 1.35. The van der Waals surface area contributed by atoms with Gasteiger partial charge in [0, 0.05) is 0 Å². The van der Waals surface area contributed by atoms with Crippen molar-refractivity contribution in [1.82, 2.24) is 0 Å². The van der Waals surface area contributed by atoms with E-state index in [-0.39, 0.29) is 0 Å². The van der Waals surface area contributed by atoms with Crippen molar-refractivity contribution in [3.8, 4) is 0 Å². The lowest BCUT2D eigenvalue weighted by Crippen LogP contribution is -1.56. The fourth-order valence-corrected chi connectivity index (χ4v) is 0.127. The van der Waals surface area contributed by atoms with Crippen molar-refractivity contribution in [2.45, 2.75) is 6.92 Å². The maximum atomic E-state index is 8.00. The van der Waals surface area contributed by atoms with E-state index in [0.717, 1.165) is 11.8 Å². The van der Waals surface area contributed by atoms with E-state index < -0.39 is 0 Å². The van der Waals surface area contributed by atoms with Gasteiger partial charge < -0.3 is 5.11 Å². The first-order chi connectivity index (χ1) is 2.77. The number of aliphatic hydroxyl groups is 1. The third-order valence-electron chi connectivity index (χ3n) is 0.359. The van der Waals surface area contributed by atoms with Crippen LogP contribution in [0.5, 0.6) is 0 Å². The third kappa shape index (κ3) is 3.28. The molecule has 0 saturated carbocycles. The van der Waals surface area contributed by atoms with Gasteiger partial charge in [0.1, 0.15) is 0 Å². The maximum Gasteiger partial charge on any atom is 0.0794 e. The quantitative estimate of drug-likeness (QED) is 0.378. The van der Waals surface area contributed by atoms with Crippen molar-refractivity contribution in [3.05, 3.63) is 24.5 Å². The summed E-state index contributed by atoms with van der Waals surface area (Å²) in [4.78, 5) is 0. The Morgan fingerprint density at radius 2 is 2.33 bits per heavy atom. The lowest BCUT2D eigenvalue weighted by Gasteiger charge is -1.75. The van der Waals surface area contributed by atoms with Gasteiger partial charge in [0.05, 0.1) is 6.26 Å². The van der Waals surface area contributed by atoms with Crippen molar-refractivity contribution in [1.29, 1.82) is 0 Å². The second-order valence-electron chi connectivity index (χ2n) is 1.16. The summed E-state index contributed by atoms with van der Waals surface area (Å²) in [5.74, 6) is 0. The number of aliphatic hydroxyl groups excluding tert-OH is 1. The summed E-state index contributed by atoms with van der Waals surface area (Å²) in [7, 11) is 0. The van der Waals surface area contributed by atoms with E-state index in [0.29, 0.717) is 0 Å². The summed E-state index contributed by atoms with van der Waals surface area (Å²) in [6.45, 7) is 5.31. The standard InChI is InChI=1S/C5H8O/c1-5(2)3-4-6/h3-4,6H,1H2,2H3/b4-3-. The van der Waals surface area contributed by atoms with Crippen molar-refractivity contribution in [2.75, 3.05) is 0 Å². The summed E-state index contributed by atoms with van der Waals surface area (Å²) in [5, 5.41) is 8.00. The Labute approximate surface area is 37.6 Å². The van der Waals surface area contributed by atoms with Crippen LogP contribution in [0.1, 0.15) is 6.92 Å². The normalized spacial score (nSPS) is 9.50. The molecule has 0 saturated heterocycles. The Hall–Kier alpha value is -0.720. The van der Waals surface area contributed by atoms with Crippen LogP contribution in [0, 0.1) is 0 Å². The molecule has 1 heteroatoms. The zero-order valence-electron chi connectivity index (χ0n) is 3.81. The molecule has 0 amide bonds. The molecule has 0 aromatic rings. The molecule has 6 heavy (non-hydrogen) atoms. The molecular formula is C5H8O. The van der Waals surface area contributed by atoms with Crippen LogP contribution in [0.4, 0.5) is 0 Å². The van der Waals surface area contributed by atoms with Crippen molar-refractivity contribution >= 4 is 0 Å². The van der Waals surface area contributed by atoms with E-state index >= 15 is 0 Å². The van der Waals surface area contributed by atoms with Crippen LogP contribution < -0.4 is 0 Å². The highest BCUT2D eigenvalue weighted by Crippen LogP contribution is 1.84. The zero-order valence-corrected chi connectivity index (χ0v) is 3.81. The van der Waals surface area contributed by atoms with Gasteiger partial charge in [-0.3, -0.25) is 0 Å². The lowest BCUT2D eigenvalue weighted by molar-refractivity contribution is 0.473. The third-order valence-corrected chi connectivity index (χ3v) is 0.359. The molecule has 0 aliphatic heterocycles. The van der Waals surface area contributed by atoms with Crippen molar-refractivity contribution in [3.63, 3.8) is 0 Å². The minimum absolute atomic E-state index is 0.859. The van der Waals surface area contributed by atoms with Crippen LogP contribution >= 0.6 is 0 Å². The first kappa shape index (κ1) is 5.28. The molecule has 0 aliphatic rings. The van der Waals surface area contributed by atoms with E-state index in [2.05, 4.69) is 6.58 Å². The fraction of sp³-hybridized carbons (Fsp3) is 0.200. The predicted octanol–water partition coefficient (Wildman–Crippen LogP) is 1.63. The monoisotopic (exact) mass is 84.1 g/mol. The predicted molar refractivity (Wildman–Crippen MR) is 26.6 cm³/mol. The van der Waals surface area contributed by atoms with Gasteiger partial charge in [-0.05, 0) is 13.0 Å². The van der Waals surface area contributed by atoms with Gasteiger partial charge in [-0.25, -0.2) is 0 Å². The number of allylic oxidation sites excluding steroid dienone is 2. The molecule has 0 aromatic carbocycles. The topological polar surface area (TPSA) is 20.2 Å². The molecule has 0 aromatic heterocycles. The van der Waals surface area contributed by atoms with Crippen LogP contribution in [-0.4, -0.2) is 5.11 Å². The maximum absolute atomic E-state index is 8.00. The minimum Gasteiger partial charge on any atom is -0.516 e. The van der Waals surface area contributed by atoms with Gasteiger partial charge in [-0.15, -0.1) is 0 Å². The molecule has 1 nitrogen and oxygen atoms in total. The zero-order chi connectivity index (χ0) is 4.99. The largest absolute Gasteiger partial charge is 0.516 e. The molecule has 0 fully saturated rings. The van der Waals surface area contributed by atoms with E-state index in [1.165, 1.54) is 6.08 Å². The summed E-state index contributed by atoms with van der Waals surface area (Å²) < 4.78 is 0. The first-order valence-corrected chi connectivity index (χ1v) is 1.73.